The van der Waals surface area contributed by atoms with Crippen molar-refractivity contribution in [3.05, 3.63) is 28.3 Å². The van der Waals surface area contributed by atoms with E-state index in [0.717, 1.165) is 27.5 Å². The fourth-order valence-corrected chi connectivity index (χ4v) is 3.59. The summed E-state index contributed by atoms with van der Waals surface area (Å²) in [5.74, 6) is 0. The first-order chi connectivity index (χ1) is 10.2. The van der Waals surface area contributed by atoms with Gasteiger partial charge >= 0.3 is 0 Å². The summed E-state index contributed by atoms with van der Waals surface area (Å²) < 4.78 is 1.51. The van der Waals surface area contributed by atoms with Gasteiger partial charge in [0.15, 0.2) is 4.34 Å². The molecule has 3 rings (SSSR count). The Hall–Kier alpha value is -2.07. The molecule has 0 bridgehead atoms. The summed E-state index contributed by atoms with van der Waals surface area (Å²) in [6, 6.07) is 4.63. The number of fused-ring (bicyclic) bond motifs is 1. The zero-order valence-electron chi connectivity index (χ0n) is 11.0. The van der Waals surface area contributed by atoms with E-state index in [4.69, 9.17) is 0 Å². The Morgan fingerprint density at radius 3 is 3.10 bits per heavy atom. The molecule has 0 saturated heterocycles. The van der Waals surface area contributed by atoms with Crippen LogP contribution in [-0.4, -0.2) is 30.1 Å². The van der Waals surface area contributed by atoms with Crippen LogP contribution in [0.15, 0.2) is 27.7 Å². The third-order valence-electron chi connectivity index (χ3n) is 2.60. The maximum absolute atomic E-state index is 10.8. The van der Waals surface area contributed by atoms with Crippen molar-refractivity contribution in [3.63, 3.8) is 0 Å². The van der Waals surface area contributed by atoms with Crippen molar-refractivity contribution in [2.75, 3.05) is 0 Å². The summed E-state index contributed by atoms with van der Waals surface area (Å²) in [4.78, 5) is 16.3. The lowest BCUT2D eigenvalue weighted by Crippen LogP contribution is -2.00. The largest absolute Gasteiger partial charge is 0.270 e. The summed E-state index contributed by atoms with van der Waals surface area (Å²) in [5.41, 5.74) is 0.795. The average molecular weight is 322 g/mol. The van der Waals surface area contributed by atoms with E-state index in [1.165, 1.54) is 35.2 Å². The molecular formula is C11H10N6O2S2. The second kappa shape index (κ2) is 5.74. The average Bonchev–Trinajstić information content (AvgIpc) is 3.04. The van der Waals surface area contributed by atoms with Crippen LogP contribution in [0.3, 0.4) is 0 Å². The summed E-state index contributed by atoms with van der Waals surface area (Å²) in [6.07, 6.45) is 0.936. The number of aryl methyl sites for hydroxylation is 1. The molecule has 2 heterocycles. The number of aromatic nitrogens is 5. The third kappa shape index (κ3) is 3.00. The first kappa shape index (κ1) is 13.9. The topological polar surface area (TPSA) is 99.6 Å². The minimum atomic E-state index is -0.413. The molecule has 0 spiro atoms. The molecule has 0 unspecified atom stereocenters. The standard InChI is InChI=1S/C11H10N6O2S2/c1-2-5-16-14-10(13-15-16)21-11-12-8-4-3-7(17(18)19)6-9(8)20-11/h3-4,6H,2,5H2,1H3. The molecule has 0 saturated carbocycles. The highest BCUT2D eigenvalue weighted by Crippen LogP contribution is 2.33. The van der Waals surface area contributed by atoms with Gasteiger partial charge in [-0.15, -0.1) is 21.5 Å². The zero-order valence-corrected chi connectivity index (χ0v) is 12.6. The predicted molar refractivity (Wildman–Crippen MR) is 78.5 cm³/mol. The van der Waals surface area contributed by atoms with E-state index in [0.29, 0.717) is 5.16 Å². The number of hydrogen-bond acceptors (Lipinski definition) is 8. The first-order valence-electron chi connectivity index (χ1n) is 6.16. The Morgan fingerprint density at radius 1 is 1.48 bits per heavy atom. The van der Waals surface area contributed by atoms with Crippen LogP contribution < -0.4 is 0 Å². The number of rotatable bonds is 5. The molecule has 0 atom stereocenters. The van der Waals surface area contributed by atoms with Crippen LogP contribution in [0, 0.1) is 10.1 Å². The number of nitrogens with zero attached hydrogens (tertiary/aromatic N) is 6. The lowest BCUT2D eigenvalue weighted by molar-refractivity contribution is -0.384. The lowest BCUT2D eigenvalue weighted by Gasteiger charge is -1.90. The molecule has 21 heavy (non-hydrogen) atoms. The van der Waals surface area contributed by atoms with Crippen molar-refractivity contribution >= 4 is 39.0 Å². The van der Waals surface area contributed by atoms with E-state index in [1.807, 2.05) is 6.92 Å². The molecule has 8 nitrogen and oxygen atoms in total. The van der Waals surface area contributed by atoms with E-state index in [-0.39, 0.29) is 5.69 Å². The van der Waals surface area contributed by atoms with Crippen molar-refractivity contribution in [3.8, 4) is 0 Å². The summed E-state index contributed by atoms with van der Waals surface area (Å²) in [5, 5.41) is 23.4. The van der Waals surface area contributed by atoms with Crippen molar-refractivity contribution in [1.82, 2.24) is 25.2 Å². The van der Waals surface area contributed by atoms with Gasteiger partial charge in [0.1, 0.15) is 0 Å². The quantitative estimate of drug-likeness (QED) is 0.526. The Balaban J connectivity index is 1.84. The molecule has 0 fully saturated rings. The van der Waals surface area contributed by atoms with Gasteiger partial charge in [-0.2, -0.15) is 4.80 Å². The minimum absolute atomic E-state index is 0.0646. The Morgan fingerprint density at radius 2 is 2.33 bits per heavy atom. The predicted octanol–water partition coefficient (Wildman–Crippen LogP) is 2.75. The molecule has 0 aliphatic heterocycles. The number of nitro benzene ring substituents is 1. The molecular weight excluding hydrogens is 312 g/mol. The lowest BCUT2D eigenvalue weighted by atomic mass is 10.3. The van der Waals surface area contributed by atoms with Gasteiger partial charge in [0.2, 0.25) is 5.16 Å². The fourth-order valence-electron chi connectivity index (χ4n) is 1.69. The number of hydrogen-bond donors (Lipinski definition) is 0. The second-order valence-corrected chi connectivity index (χ2v) is 6.40. The van der Waals surface area contributed by atoms with Crippen LogP contribution in [0.4, 0.5) is 5.69 Å². The molecule has 0 N–H and O–H groups in total. The van der Waals surface area contributed by atoms with Crippen LogP contribution in [0.1, 0.15) is 13.3 Å². The molecule has 3 aromatic rings. The van der Waals surface area contributed by atoms with Crippen molar-refractivity contribution in [2.24, 2.45) is 0 Å². The molecule has 0 amide bonds. The molecule has 0 aliphatic rings. The molecule has 10 heteroatoms. The number of tetrazole rings is 1. The van der Waals surface area contributed by atoms with Crippen molar-refractivity contribution < 1.29 is 4.92 Å². The number of nitro groups is 1. The van der Waals surface area contributed by atoms with Gasteiger partial charge in [-0.25, -0.2) is 4.98 Å². The summed E-state index contributed by atoms with van der Waals surface area (Å²) in [6.45, 7) is 2.76. The van der Waals surface area contributed by atoms with Crippen LogP contribution in [0.2, 0.25) is 0 Å². The molecule has 0 aliphatic carbocycles. The maximum Gasteiger partial charge on any atom is 0.270 e. The highest BCUT2D eigenvalue weighted by molar-refractivity contribution is 8.01. The van der Waals surface area contributed by atoms with Crippen LogP contribution in [0.25, 0.3) is 10.2 Å². The van der Waals surface area contributed by atoms with Gasteiger partial charge in [0.25, 0.3) is 5.69 Å². The molecule has 2 aromatic heterocycles. The van der Waals surface area contributed by atoms with Crippen molar-refractivity contribution in [2.45, 2.75) is 29.4 Å². The van der Waals surface area contributed by atoms with Gasteiger partial charge in [0, 0.05) is 12.1 Å². The maximum atomic E-state index is 10.8. The Kier molecular flexibility index (Phi) is 3.80. The Labute approximate surface area is 127 Å². The molecule has 1 aromatic carbocycles. The summed E-state index contributed by atoms with van der Waals surface area (Å²) >= 11 is 2.68. The fraction of sp³-hybridized carbons (Fsp3) is 0.273. The monoisotopic (exact) mass is 322 g/mol. The van der Waals surface area contributed by atoms with Crippen molar-refractivity contribution in [1.29, 1.82) is 0 Å². The van der Waals surface area contributed by atoms with E-state index in [2.05, 4.69) is 20.4 Å². The normalized spacial score (nSPS) is 11.1. The third-order valence-corrected chi connectivity index (χ3v) is 4.52. The number of non-ortho nitro benzene ring substituents is 1. The van der Waals surface area contributed by atoms with Gasteiger partial charge in [-0.3, -0.25) is 10.1 Å². The van der Waals surface area contributed by atoms with E-state index in [9.17, 15) is 10.1 Å². The van der Waals surface area contributed by atoms with E-state index < -0.39 is 4.92 Å². The Bertz CT molecular complexity index is 799. The van der Waals surface area contributed by atoms with Crippen LogP contribution in [-0.2, 0) is 6.54 Å². The summed E-state index contributed by atoms with van der Waals surface area (Å²) in [7, 11) is 0. The first-order valence-corrected chi connectivity index (χ1v) is 7.79. The van der Waals surface area contributed by atoms with E-state index in [1.54, 1.807) is 10.9 Å². The molecule has 0 radical (unpaired) electrons. The molecule has 108 valence electrons. The van der Waals surface area contributed by atoms with Crippen LogP contribution >= 0.6 is 23.1 Å². The number of thiazole rings is 1. The highest BCUT2D eigenvalue weighted by Gasteiger charge is 2.13. The van der Waals surface area contributed by atoms with Gasteiger partial charge in [-0.1, -0.05) is 6.92 Å². The van der Waals surface area contributed by atoms with Gasteiger partial charge < -0.3 is 0 Å². The number of benzene rings is 1. The second-order valence-electron chi connectivity index (χ2n) is 4.16. The smallest absolute Gasteiger partial charge is 0.258 e. The van der Waals surface area contributed by atoms with E-state index >= 15 is 0 Å². The minimum Gasteiger partial charge on any atom is -0.258 e. The highest BCUT2D eigenvalue weighted by atomic mass is 32.2. The van der Waals surface area contributed by atoms with Crippen LogP contribution in [0.5, 0.6) is 0 Å². The zero-order chi connectivity index (χ0) is 14.8. The SMILES string of the molecule is CCCn1nnc(Sc2nc3ccc([N+](=O)[O-])cc3s2)n1. The van der Waals surface area contributed by atoms with Gasteiger partial charge in [-0.05, 0) is 29.5 Å². The van der Waals surface area contributed by atoms with Gasteiger partial charge in [0.05, 0.1) is 21.7 Å².